The summed E-state index contributed by atoms with van der Waals surface area (Å²) in [5.41, 5.74) is -0.504. The summed E-state index contributed by atoms with van der Waals surface area (Å²) >= 11 is 1.35. The summed E-state index contributed by atoms with van der Waals surface area (Å²) in [7, 11) is 0. The summed E-state index contributed by atoms with van der Waals surface area (Å²) in [6, 6.07) is 3.52. The minimum atomic E-state index is -0.939. The zero-order chi connectivity index (χ0) is 15.6. The van der Waals surface area contributed by atoms with Gasteiger partial charge in [-0.15, -0.1) is 11.3 Å². The number of nitrogens with one attached hydrogen (secondary N) is 2. The average Bonchev–Trinajstić information content (AvgIpc) is 2.81. The van der Waals surface area contributed by atoms with Gasteiger partial charge in [0.25, 0.3) is 5.91 Å². The Hall–Kier alpha value is -1.89. The number of aliphatic carboxylic acids is 1. The number of carbonyl (C=O) groups is 3. The molecule has 1 aliphatic rings. The predicted octanol–water partition coefficient (Wildman–Crippen LogP) is 0.951. The van der Waals surface area contributed by atoms with Crippen molar-refractivity contribution in [2.75, 3.05) is 13.1 Å². The Morgan fingerprint density at radius 2 is 1.90 bits per heavy atom. The Labute approximate surface area is 126 Å². The molecule has 7 heteroatoms. The monoisotopic (exact) mass is 310 g/mol. The minimum absolute atomic E-state index is 0.172. The second-order valence-electron chi connectivity index (χ2n) is 5.64. The number of hydrogen-bond acceptors (Lipinski definition) is 4. The van der Waals surface area contributed by atoms with Crippen molar-refractivity contribution in [3.05, 3.63) is 22.4 Å². The molecule has 0 spiro atoms. The van der Waals surface area contributed by atoms with Crippen molar-refractivity contribution in [3.8, 4) is 0 Å². The highest BCUT2D eigenvalue weighted by Gasteiger charge is 2.65. The molecule has 0 aromatic carbocycles. The van der Waals surface area contributed by atoms with Crippen molar-refractivity contribution in [3.63, 3.8) is 0 Å². The summed E-state index contributed by atoms with van der Waals surface area (Å²) in [4.78, 5) is 35.2. The summed E-state index contributed by atoms with van der Waals surface area (Å²) < 4.78 is 0. The molecule has 114 valence electrons. The van der Waals surface area contributed by atoms with Crippen LogP contribution in [0.5, 0.6) is 0 Å². The lowest BCUT2D eigenvalue weighted by Crippen LogP contribution is -2.36. The molecule has 0 unspecified atom stereocenters. The Kier molecular flexibility index (Phi) is 4.32. The first-order valence-corrected chi connectivity index (χ1v) is 7.56. The topological polar surface area (TPSA) is 95.5 Å². The van der Waals surface area contributed by atoms with Crippen LogP contribution in [0.1, 0.15) is 23.5 Å². The van der Waals surface area contributed by atoms with Gasteiger partial charge in [0, 0.05) is 13.1 Å². The predicted molar refractivity (Wildman–Crippen MR) is 78.1 cm³/mol. The highest BCUT2D eigenvalue weighted by molar-refractivity contribution is 7.12. The van der Waals surface area contributed by atoms with Crippen LogP contribution in [0.25, 0.3) is 0 Å². The van der Waals surface area contributed by atoms with Crippen LogP contribution in [-0.2, 0) is 9.59 Å². The van der Waals surface area contributed by atoms with Gasteiger partial charge in [0.15, 0.2) is 0 Å². The van der Waals surface area contributed by atoms with Crippen LogP contribution in [0.3, 0.4) is 0 Å². The van der Waals surface area contributed by atoms with Gasteiger partial charge in [0.05, 0.1) is 16.7 Å². The number of carboxylic acid groups (broad SMARTS) is 1. The number of amides is 2. The van der Waals surface area contributed by atoms with E-state index < -0.39 is 23.2 Å². The maximum Gasteiger partial charge on any atom is 0.307 e. The van der Waals surface area contributed by atoms with Crippen LogP contribution in [0, 0.1) is 17.3 Å². The molecule has 3 N–H and O–H groups in total. The van der Waals surface area contributed by atoms with Gasteiger partial charge in [-0.05, 0) is 16.9 Å². The van der Waals surface area contributed by atoms with Crippen molar-refractivity contribution in [1.29, 1.82) is 0 Å². The van der Waals surface area contributed by atoms with Crippen molar-refractivity contribution in [1.82, 2.24) is 10.6 Å². The summed E-state index contributed by atoms with van der Waals surface area (Å²) in [5, 5.41) is 16.2. The second kappa shape index (κ2) is 5.85. The molecule has 0 saturated heterocycles. The summed E-state index contributed by atoms with van der Waals surface area (Å²) in [5.74, 6) is -2.50. The normalized spacial score (nSPS) is 22.4. The molecule has 2 atom stereocenters. The van der Waals surface area contributed by atoms with E-state index in [4.69, 9.17) is 5.11 Å². The largest absolute Gasteiger partial charge is 0.481 e. The zero-order valence-electron chi connectivity index (χ0n) is 11.9. The lowest BCUT2D eigenvalue weighted by Gasteiger charge is -2.07. The molecule has 0 radical (unpaired) electrons. The summed E-state index contributed by atoms with van der Waals surface area (Å²) in [6.07, 6.45) is 0. The third kappa shape index (κ3) is 3.24. The Balaban J connectivity index is 1.71. The number of carboxylic acids is 1. The van der Waals surface area contributed by atoms with E-state index in [2.05, 4.69) is 10.6 Å². The molecule has 1 heterocycles. The molecule has 1 aromatic heterocycles. The molecule has 1 aromatic rings. The highest BCUT2D eigenvalue weighted by atomic mass is 32.1. The van der Waals surface area contributed by atoms with E-state index in [1.54, 1.807) is 26.0 Å². The molecular formula is C14H18N2O4S. The quantitative estimate of drug-likeness (QED) is 0.682. The maximum atomic E-state index is 11.9. The number of carbonyl (C=O) groups excluding carboxylic acids is 2. The number of hydrogen-bond donors (Lipinski definition) is 3. The smallest absolute Gasteiger partial charge is 0.307 e. The Morgan fingerprint density at radius 3 is 2.43 bits per heavy atom. The van der Waals surface area contributed by atoms with E-state index in [0.717, 1.165) is 0 Å². The molecule has 21 heavy (non-hydrogen) atoms. The lowest BCUT2D eigenvalue weighted by molar-refractivity contribution is -0.140. The standard InChI is InChI=1S/C14H18N2O4S/c1-14(2)9(10(14)13(19)20)12(18)16-6-5-15-11(17)8-4-3-7-21-8/h3-4,7,9-10H,5-6H2,1-2H3,(H,15,17)(H,16,18)(H,19,20)/t9-,10+/m1/s1. The first-order chi connectivity index (χ1) is 9.85. The molecule has 6 nitrogen and oxygen atoms in total. The Bertz CT molecular complexity index is 553. The van der Waals surface area contributed by atoms with Crippen LogP contribution in [0.4, 0.5) is 0 Å². The van der Waals surface area contributed by atoms with Gasteiger partial charge in [-0.1, -0.05) is 19.9 Å². The van der Waals surface area contributed by atoms with Crippen molar-refractivity contribution >= 4 is 29.1 Å². The molecule has 1 saturated carbocycles. The first kappa shape index (κ1) is 15.5. The van der Waals surface area contributed by atoms with Crippen LogP contribution >= 0.6 is 11.3 Å². The van der Waals surface area contributed by atoms with Gasteiger partial charge in [0.1, 0.15) is 0 Å². The van der Waals surface area contributed by atoms with Gasteiger partial charge in [-0.25, -0.2) is 0 Å². The maximum absolute atomic E-state index is 11.9. The second-order valence-corrected chi connectivity index (χ2v) is 6.59. The number of thiophene rings is 1. The molecule has 2 rings (SSSR count). The molecule has 2 amide bonds. The van der Waals surface area contributed by atoms with E-state index >= 15 is 0 Å². The van der Waals surface area contributed by atoms with Gasteiger partial charge < -0.3 is 15.7 Å². The van der Waals surface area contributed by atoms with Gasteiger partial charge in [0.2, 0.25) is 5.91 Å². The van der Waals surface area contributed by atoms with E-state index in [-0.39, 0.29) is 18.4 Å². The first-order valence-electron chi connectivity index (χ1n) is 6.68. The van der Waals surface area contributed by atoms with Crippen molar-refractivity contribution in [2.24, 2.45) is 17.3 Å². The average molecular weight is 310 g/mol. The van der Waals surface area contributed by atoms with Crippen LogP contribution in [-0.4, -0.2) is 36.0 Å². The molecule has 0 aliphatic heterocycles. The highest BCUT2D eigenvalue weighted by Crippen LogP contribution is 2.58. The van der Waals surface area contributed by atoms with Crippen LogP contribution in [0.15, 0.2) is 17.5 Å². The number of rotatable bonds is 6. The van der Waals surface area contributed by atoms with E-state index in [9.17, 15) is 14.4 Å². The van der Waals surface area contributed by atoms with E-state index in [1.165, 1.54) is 11.3 Å². The van der Waals surface area contributed by atoms with Crippen molar-refractivity contribution < 1.29 is 19.5 Å². The van der Waals surface area contributed by atoms with Gasteiger partial charge in [-0.2, -0.15) is 0 Å². The lowest BCUT2D eigenvalue weighted by atomic mass is 10.1. The fourth-order valence-electron chi connectivity index (χ4n) is 2.55. The van der Waals surface area contributed by atoms with Gasteiger partial charge >= 0.3 is 5.97 Å². The molecular weight excluding hydrogens is 292 g/mol. The zero-order valence-corrected chi connectivity index (χ0v) is 12.7. The van der Waals surface area contributed by atoms with Crippen molar-refractivity contribution in [2.45, 2.75) is 13.8 Å². The summed E-state index contributed by atoms with van der Waals surface area (Å²) in [6.45, 7) is 4.14. The third-order valence-electron chi connectivity index (χ3n) is 3.83. The van der Waals surface area contributed by atoms with Gasteiger partial charge in [-0.3, -0.25) is 14.4 Å². The molecule has 0 bridgehead atoms. The molecule has 1 fully saturated rings. The Morgan fingerprint density at radius 1 is 1.24 bits per heavy atom. The molecule has 1 aliphatic carbocycles. The van der Waals surface area contributed by atoms with E-state index in [0.29, 0.717) is 11.4 Å². The van der Waals surface area contributed by atoms with E-state index in [1.807, 2.05) is 5.38 Å². The fourth-order valence-corrected chi connectivity index (χ4v) is 3.19. The van der Waals surface area contributed by atoms with Crippen LogP contribution in [0.2, 0.25) is 0 Å². The SMILES string of the molecule is CC1(C)[C@H](C(=O)O)[C@@H]1C(=O)NCCNC(=O)c1cccs1. The fraction of sp³-hybridized carbons (Fsp3) is 0.500. The minimum Gasteiger partial charge on any atom is -0.481 e. The van der Waals surface area contributed by atoms with Crippen LogP contribution < -0.4 is 10.6 Å². The third-order valence-corrected chi connectivity index (χ3v) is 4.70.